The lowest BCUT2D eigenvalue weighted by molar-refractivity contribution is -0.118. The summed E-state index contributed by atoms with van der Waals surface area (Å²) in [7, 11) is 0. The van der Waals surface area contributed by atoms with Gasteiger partial charge in [0.1, 0.15) is 12.4 Å². The fourth-order valence-electron chi connectivity index (χ4n) is 2.63. The average Bonchev–Trinajstić information content (AvgIpc) is 2.66. The molecule has 3 rings (SSSR count). The van der Waals surface area contributed by atoms with Gasteiger partial charge in [-0.2, -0.15) is 11.8 Å². The SMILES string of the molecule is NC(=O)Cn1c(CSCCOc2c(Cl)cccc2Cl)nc2ccccc2c1=O. The number of carbonyl (C=O) groups is 1. The number of nitrogens with two attached hydrogens (primary N) is 1. The highest BCUT2D eigenvalue weighted by atomic mass is 35.5. The summed E-state index contributed by atoms with van der Waals surface area (Å²) in [5.41, 5.74) is 5.60. The predicted molar refractivity (Wildman–Crippen MR) is 113 cm³/mol. The Hall–Kier alpha value is -2.22. The van der Waals surface area contributed by atoms with E-state index >= 15 is 0 Å². The van der Waals surface area contributed by atoms with Crippen LogP contribution in [0.5, 0.6) is 5.75 Å². The molecule has 9 heteroatoms. The number of para-hydroxylation sites is 2. The Labute approximate surface area is 175 Å². The molecule has 2 N–H and O–H groups in total. The molecule has 0 saturated heterocycles. The Kier molecular flexibility index (Phi) is 6.83. The van der Waals surface area contributed by atoms with Gasteiger partial charge in [0.05, 0.1) is 33.3 Å². The van der Waals surface area contributed by atoms with Gasteiger partial charge in [-0.15, -0.1) is 0 Å². The lowest BCUT2D eigenvalue weighted by Crippen LogP contribution is -2.31. The normalized spacial score (nSPS) is 10.9. The quantitative estimate of drug-likeness (QED) is 0.544. The number of rotatable bonds is 8. The average molecular weight is 438 g/mol. The predicted octanol–water partition coefficient (Wildman–Crippen LogP) is 3.50. The third-order valence-corrected chi connectivity index (χ3v) is 5.39. The zero-order chi connectivity index (χ0) is 20.1. The van der Waals surface area contributed by atoms with E-state index in [1.54, 1.807) is 36.4 Å². The minimum Gasteiger partial charge on any atom is -0.490 e. The molecule has 0 radical (unpaired) electrons. The monoisotopic (exact) mass is 437 g/mol. The molecule has 146 valence electrons. The smallest absolute Gasteiger partial charge is 0.261 e. The number of thioether (sulfide) groups is 1. The number of ether oxygens (including phenoxy) is 1. The Balaban J connectivity index is 1.69. The number of hydrogen-bond acceptors (Lipinski definition) is 5. The van der Waals surface area contributed by atoms with E-state index in [0.29, 0.717) is 50.6 Å². The zero-order valence-corrected chi connectivity index (χ0v) is 17.1. The molecule has 3 aromatic rings. The van der Waals surface area contributed by atoms with Crippen molar-refractivity contribution in [2.75, 3.05) is 12.4 Å². The van der Waals surface area contributed by atoms with E-state index in [-0.39, 0.29) is 12.1 Å². The van der Waals surface area contributed by atoms with Crippen LogP contribution in [0.1, 0.15) is 5.82 Å². The maximum atomic E-state index is 12.7. The van der Waals surface area contributed by atoms with Crippen molar-refractivity contribution in [1.29, 1.82) is 0 Å². The molecule has 0 bridgehead atoms. The molecule has 0 fully saturated rings. The van der Waals surface area contributed by atoms with Crippen molar-refractivity contribution < 1.29 is 9.53 Å². The standard InChI is InChI=1S/C19H17Cl2N3O3S/c20-13-5-3-6-14(21)18(13)27-8-9-28-11-17-23-15-7-2-1-4-12(15)19(26)24(17)10-16(22)25/h1-7H,8-11H2,(H2,22,25). The molecule has 0 atom stereocenters. The third kappa shape index (κ3) is 4.79. The summed E-state index contributed by atoms with van der Waals surface area (Å²) >= 11 is 13.7. The van der Waals surface area contributed by atoms with E-state index in [9.17, 15) is 9.59 Å². The molecule has 6 nitrogen and oxygen atoms in total. The Morgan fingerprint density at radius 1 is 1.14 bits per heavy atom. The van der Waals surface area contributed by atoms with Gasteiger partial charge in [0.2, 0.25) is 5.91 Å². The van der Waals surface area contributed by atoms with Crippen LogP contribution in [0.4, 0.5) is 0 Å². The van der Waals surface area contributed by atoms with Gasteiger partial charge in [0.25, 0.3) is 5.56 Å². The van der Waals surface area contributed by atoms with E-state index in [0.717, 1.165) is 0 Å². The lowest BCUT2D eigenvalue weighted by Gasteiger charge is -2.12. The maximum Gasteiger partial charge on any atom is 0.261 e. The Bertz CT molecular complexity index is 1050. The van der Waals surface area contributed by atoms with Crippen LogP contribution in [0.25, 0.3) is 10.9 Å². The summed E-state index contributed by atoms with van der Waals surface area (Å²) < 4.78 is 6.97. The number of primary amides is 1. The second-order valence-electron chi connectivity index (χ2n) is 5.85. The number of amides is 1. The van der Waals surface area contributed by atoms with Crippen molar-refractivity contribution in [2.45, 2.75) is 12.3 Å². The number of benzene rings is 2. The topological polar surface area (TPSA) is 87.2 Å². The van der Waals surface area contributed by atoms with Crippen LogP contribution in [-0.2, 0) is 17.1 Å². The maximum absolute atomic E-state index is 12.7. The van der Waals surface area contributed by atoms with E-state index in [4.69, 9.17) is 33.7 Å². The van der Waals surface area contributed by atoms with E-state index in [2.05, 4.69) is 4.98 Å². The minimum atomic E-state index is -0.595. The number of fused-ring (bicyclic) bond motifs is 1. The molecule has 2 aromatic carbocycles. The van der Waals surface area contributed by atoms with Crippen LogP contribution in [0, 0.1) is 0 Å². The van der Waals surface area contributed by atoms with Crippen molar-refractivity contribution in [3.63, 3.8) is 0 Å². The number of hydrogen-bond donors (Lipinski definition) is 1. The van der Waals surface area contributed by atoms with Gasteiger partial charge in [-0.3, -0.25) is 14.2 Å². The molecule has 1 aromatic heterocycles. The highest BCUT2D eigenvalue weighted by Gasteiger charge is 2.13. The summed E-state index contributed by atoms with van der Waals surface area (Å²) in [6.07, 6.45) is 0. The van der Waals surface area contributed by atoms with Crippen molar-refractivity contribution in [3.05, 3.63) is 68.7 Å². The number of carbonyl (C=O) groups excluding carboxylic acids is 1. The van der Waals surface area contributed by atoms with Crippen LogP contribution in [0.2, 0.25) is 10.0 Å². The van der Waals surface area contributed by atoms with Gasteiger partial charge in [0, 0.05) is 5.75 Å². The first kappa shape index (κ1) is 20.5. The molecular formula is C19H17Cl2N3O3S. The van der Waals surface area contributed by atoms with Gasteiger partial charge in [0.15, 0.2) is 5.75 Å². The molecule has 0 saturated carbocycles. The molecular weight excluding hydrogens is 421 g/mol. The van der Waals surface area contributed by atoms with Crippen molar-refractivity contribution >= 4 is 51.8 Å². The molecule has 0 spiro atoms. The molecule has 1 heterocycles. The first-order chi connectivity index (χ1) is 13.5. The van der Waals surface area contributed by atoms with E-state index < -0.39 is 5.91 Å². The van der Waals surface area contributed by atoms with Crippen LogP contribution in [-0.4, -0.2) is 27.8 Å². The Morgan fingerprint density at radius 3 is 2.57 bits per heavy atom. The highest BCUT2D eigenvalue weighted by Crippen LogP contribution is 2.32. The molecule has 1 amide bonds. The number of nitrogens with zero attached hydrogens (tertiary/aromatic N) is 2. The van der Waals surface area contributed by atoms with Crippen LogP contribution < -0.4 is 16.0 Å². The third-order valence-electron chi connectivity index (χ3n) is 3.88. The van der Waals surface area contributed by atoms with Crippen molar-refractivity contribution in [3.8, 4) is 5.75 Å². The van der Waals surface area contributed by atoms with Gasteiger partial charge < -0.3 is 10.5 Å². The largest absolute Gasteiger partial charge is 0.490 e. The number of halogens is 2. The van der Waals surface area contributed by atoms with Gasteiger partial charge in [-0.05, 0) is 24.3 Å². The lowest BCUT2D eigenvalue weighted by atomic mass is 10.2. The van der Waals surface area contributed by atoms with Crippen LogP contribution in [0.15, 0.2) is 47.3 Å². The van der Waals surface area contributed by atoms with E-state index in [1.807, 2.05) is 6.07 Å². The van der Waals surface area contributed by atoms with Crippen LogP contribution in [0.3, 0.4) is 0 Å². The highest BCUT2D eigenvalue weighted by molar-refractivity contribution is 7.98. The summed E-state index contributed by atoms with van der Waals surface area (Å²) in [6.45, 7) is 0.167. The van der Waals surface area contributed by atoms with Gasteiger partial charge in [-0.25, -0.2) is 4.98 Å². The summed E-state index contributed by atoms with van der Waals surface area (Å²) in [5.74, 6) is 1.37. The fourth-order valence-corrected chi connectivity index (χ4v) is 3.88. The van der Waals surface area contributed by atoms with Crippen molar-refractivity contribution in [1.82, 2.24) is 9.55 Å². The van der Waals surface area contributed by atoms with Gasteiger partial charge in [-0.1, -0.05) is 41.4 Å². The second-order valence-corrected chi connectivity index (χ2v) is 7.77. The first-order valence-corrected chi connectivity index (χ1v) is 10.3. The fraction of sp³-hybridized carbons (Fsp3) is 0.211. The molecule has 0 unspecified atom stereocenters. The second kappa shape index (κ2) is 9.32. The van der Waals surface area contributed by atoms with Crippen LogP contribution >= 0.6 is 35.0 Å². The van der Waals surface area contributed by atoms with E-state index in [1.165, 1.54) is 16.3 Å². The molecule has 0 aliphatic carbocycles. The minimum absolute atomic E-state index is 0.210. The first-order valence-electron chi connectivity index (χ1n) is 8.38. The summed E-state index contributed by atoms with van der Waals surface area (Å²) in [4.78, 5) is 28.6. The molecule has 28 heavy (non-hydrogen) atoms. The summed E-state index contributed by atoms with van der Waals surface area (Å²) in [6, 6.07) is 12.2. The number of aromatic nitrogens is 2. The van der Waals surface area contributed by atoms with Gasteiger partial charge >= 0.3 is 0 Å². The Morgan fingerprint density at radius 2 is 1.86 bits per heavy atom. The zero-order valence-electron chi connectivity index (χ0n) is 14.7. The summed E-state index contributed by atoms with van der Waals surface area (Å²) in [5, 5.41) is 1.35. The van der Waals surface area contributed by atoms with Crippen molar-refractivity contribution in [2.24, 2.45) is 5.73 Å². The molecule has 0 aliphatic rings. The molecule has 0 aliphatic heterocycles.